The molecule has 1 aromatic carbocycles. The van der Waals surface area contributed by atoms with Crippen molar-refractivity contribution in [2.75, 3.05) is 13.2 Å². The first-order valence-corrected chi connectivity index (χ1v) is 6.04. The minimum Gasteiger partial charge on any atom is -0.354 e. The molecule has 4 nitrogen and oxygen atoms in total. The highest BCUT2D eigenvalue weighted by atomic mass is 16.7. The monoisotopic (exact) mass is 244 g/mol. The lowest BCUT2D eigenvalue weighted by molar-refractivity contribution is -0.142. The van der Waals surface area contributed by atoms with Gasteiger partial charge in [0.2, 0.25) is 0 Å². The van der Waals surface area contributed by atoms with E-state index >= 15 is 0 Å². The van der Waals surface area contributed by atoms with Crippen molar-refractivity contribution in [2.24, 2.45) is 0 Å². The second-order valence-corrected chi connectivity index (χ2v) is 3.88. The highest BCUT2D eigenvalue weighted by molar-refractivity contribution is 5.81. The molecule has 0 fully saturated rings. The first-order chi connectivity index (χ1) is 8.78. The molecule has 0 atom stereocenters. The van der Waals surface area contributed by atoms with Gasteiger partial charge in [0.15, 0.2) is 6.29 Å². The van der Waals surface area contributed by atoms with Crippen molar-refractivity contribution in [3.8, 4) is 6.07 Å². The number of H-pyrrole nitrogens is 1. The number of aromatic amines is 1. The Morgan fingerprint density at radius 2 is 1.94 bits per heavy atom. The van der Waals surface area contributed by atoms with Gasteiger partial charge in [-0.2, -0.15) is 5.26 Å². The van der Waals surface area contributed by atoms with Crippen LogP contribution in [0.4, 0.5) is 0 Å². The number of nitrogens with zero attached hydrogens (tertiary/aromatic N) is 1. The van der Waals surface area contributed by atoms with E-state index in [1.807, 2.05) is 32.0 Å². The van der Waals surface area contributed by atoms with Crippen molar-refractivity contribution in [1.29, 1.82) is 5.26 Å². The quantitative estimate of drug-likeness (QED) is 0.822. The number of hydrogen-bond acceptors (Lipinski definition) is 3. The molecule has 94 valence electrons. The van der Waals surface area contributed by atoms with Crippen molar-refractivity contribution in [1.82, 2.24) is 4.98 Å². The second-order valence-electron chi connectivity index (χ2n) is 3.88. The molecule has 4 heteroatoms. The smallest absolute Gasteiger partial charge is 0.198 e. The molecule has 2 aromatic rings. The predicted octanol–water partition coefficient (Wildman–Crippen LogP) is 3.11. The van der Waals surface area contributed by atoms with Crippen molar-refractivity contribution in [3.63, 3.8) is 0 Å². The van der Waals surface area contributed by atoms with Gasteiger partial charge in [0.1, 0.15) is 0 Å². The molecule has 0 saturated carbocycles. The molecule has 0 aliphatic rings. The Hall–Kier alpha value is -1.83. The van der Waals surface area contributed by atoms with E-state index in [9.17, 15) is 0 Å². The van der Waals surface area contributed by atoms with Crippen LogP contribution in [0.25, 0.3) is 10.9 Å². The number of nitriles is 1. The number of rotatable bonds is 5. The Morgan fingerprint density at radius 1 is 1.22 bits per heavy atom. The van der Waals surface area contributed by atoms with Crippen LogP contribution in [0.2, 0.25) is 0 Å². The molecule has 0 aliphatic heterocycles. The minimum absolute atomic E-state index is 0.377. The van der Waals surface area contributed by atoms with Gasteiger partial charge < -0.3 is 14.5 Å². The summed E-state index contributed by atoms with van der Waals surface area (Å²) in [7, 11) is 0. The minimum atomic E-state index is -0.377. The zero-order chi connectivity index (χ0) is 13.0. The maximum absolute atomic E-state index is 8.87. The molecule has 1 heterocycles. The van der Waals surface area contributed by atoms with Crippen LogP contribution in [-0.4, -0.2) is 18.2 Å². The average Bonchev–Trinajstić information content (AvgIpc) is 2.81. The van der Waals surface area contributed by atoms with E-state index in [4.69, 9.17) is 14.7 Å². The van der Waals surface area contributed by atoms with Gasteiger partial charge in [0, 0.05) is 18.7 Å². The second kappa shape index (κ2) is 5.67. The fourth-order valence-electron chi connectivity index (χ4n) is 1.88. The van der Waals surface area contributed by atoms with E-state index in [-0.39, 0.29) is 6.29 Å². The summed E-state index contributed by atoms with van der Waals surface area (Å²) >= 11 is 0. The standard InChI is InChI=1S/C14H16N2O2/c1-3-17-14(18-4-2)13-8-11-6-5-10(9-15)7-12(11)16-13/h5-8,14,16H,3-4H2,1-2H3. The van der Waals surface area contributed by atoms with E-state index < -0.39 is 0 Å². The zero-order valence-electron chi connectivity index (χ0n) is 10.6. The number of fused-ring (bicyclic) bond motifs is 1. The molecule has 0 bridgehead atoms. The highest BCUT2D eigenvalue weighted by Gasteiger charge is 2.14. The molecule has 18 heavy (non-hydrogen) atoms. The first kappa shape index (κ1) is 12.6. The summed E-state index contributed by atoms with van der Waals surface area (Å²) in [6.45, 7) is 5.04. The maximum atomic E-state index is 8.87. The number of aromatic nitrogens is 1. The van der Waals surface area contributed by atoms with E-state index in [0.717, 1.165) is 16.6 Å². The third-order valence-corrected chi connectivity index (χ3v) is 2.66. The highest BCUT2D eigenvalue weighted by Crippen LogP contribution is 2.24. The van der Waals surface area contributed by atoms with Crippen LogP contribution < -0.4 is 0 Å². The number of ether oxygens (including phenoxy) is 2. The fraction of sp³-hybridized carbons (Fsp3) is 0.357. The van der Waals surface area contributed by atoms with Crippen LogP contribution in [0.15, 0.2) is 24.3 Å². The lowest BCUT2D eigenvalue weighted by atomic mass is 10.2. The number of hydrogen-bond donors (Lipinski definition) is 1. The Labute approximate surface area is 106 Å². The summed E-state index contributed by atoms with van der Waals surface area (Å²) < 4.78 is 11.1. The third-order valence-electron chi connectivity index (χ3n) is 2.66. The van der Waals surface area contributed by atoms with Crippen LogP contribution in [0.5, 0.6) is 0 Å². The molecule has 1 aromatic heterocycles. The van der Waals surface area contributed by atoms with Gasteiger partial charge >= 0.3 is 0 Å². The van der Waals surface area contributed by atoms with Crippen molar-refractivity contribution in [2.45, 2.75) is 20.1 Å². The maximum Gasteiger partial charge on any atom is 0.198 e. The van der Waals surface area contributed by atoms with E-state index in [2.05, 4.69) is 11.1 Å². The summed E-state index contributed by atoms with van der Waals surface area (Å²) in [5, 5.41) is 9.92. The van der Waals surface area contributed by atoms with E-state index in [1.54, 1.807) is 6.07 Å². The Morgan fingerprint density at radius 3 is 2.56 bits per heavy atom. The molecular formula is C14H16N2O2. The number of benzene rings is 1. The summed E-state index contributed by atoms with van der Waals surface area (Å²) in [4.78, 5) is 3.24. The van der Waals surface area contributed by atoms with Gasteiger partial charge in [0.25, 0.3) is 0 Å². The van der Waals surface area contributed by atoms with Crippen molar-refractivity contribution in [3.05, 3.63) is 35.5 Å². The van der Waals surface area contributed by atoms with Crippen LogP contribution >= 0.6 is 0 Å². The van der Waals surface area contributed by atoms with Crippen LogP contribution in [-0.2, 0) is 9.47 Å². The molecule has 0 radical (unpaired) electrons. The molecular weight excluding hydrogens is 228 g/mol. The summed E-state index contributed by atoms with van der Waals surface area (Å²) in [5.41, 5.74) is 2.44. The van der Waals surface area contributed by atoms with Gasteiger partial charge in [-0.25, -0.2) is 0 Å². The van der Waals surface area contributed by atoms with Crippen LogP contribution in [0.1, 0.15) is 31.4 Å². The molecule has 0 saturated heterocycles. The summed E-state index contributed by atoms with van der Waals surface area (Å²) in [5.74, 6) is 0. The van der Waals surface area contributed by atoms with Crippen molar-refractivity contribution >= 4 is 10.9 Å². The Kier molecular flexibility index (Phi) is 3.98. The van der Waals surface area contributed by atoms with Crippen LogP contribution in [0, 0.1) is 11.3 Å². The molecule has 0 amide bonds. The van der Waals surface area contributed by atoms with E-state index in [0.29, 0.717) is 18.8 Å². The lowest BCUT2D eigenvalue weighted by Gasteiger charge is -2.15. The summed E-state index contributed by atoms with van der Waals surface area (Å²) in [6.07, 6.45) is -0.377. The SMILES string of the molecule is CCOC(OCC)c1cc2ccc(C#N)cc2[nH]1. The van der Waals surface area contributed by atoms with Gasteiger partial charge in [0.05, 0.1) is 17.3 Å². The molecule has 0 spiro atoms. The lowest BCUT2D eigenvalue weighted by Crippen LogP contribution is -2.08. The summed E-state index contributed by atoms with van der Waals surface area (Å²) in [6, 6.07) is 9.67. The largest absolute Gasteiger partial charge is 0.354 e. The van der Waals surface area contributed by atoms with Crippen LogP contribution in [0.3, 0.4) is 0 Å². The van der Waals surface area contributed by atoms with Gasteiger partial charge in [-0.3, -0.25) is 0 Å². The van der Waals surface area contributed by atoms with Gasteiger partial charge in [-0.1, -0.05) is 6.07 Å². The topological polar surface area (TPSA) is 58.0 Å². The average molecular weight is 244 g/mol. The first-order valence-electron chi connectivity index (χ1n) is 6.04. The fourth-order valence-corrected chi connectivity index (χ4v) is 1.88. The van der Waals surface area contributed by atoms with E-state index in [1.165, 1.54) is 0 Å². The normalized spacial score (nSPS) is 11.0. The van der Waals surface area contributed by atoms with Gasteiger partial charge in [-0.15, -0.1) is 0 Å². The molecule has 1 N–H and O–H groups in total. The third kappa shape index (κ3) is 2.53. The Balaban J connectivity index is 2.36. The van der Waals surface area contributed by atoms with Gasteiger partial charge in [-0.05, 0) is 37.4 Å². The number of nitrogens with one attached hydrogen (secondary N) is 1. The van der Waals surface area contributed by atoms with Crippen molar-refractivity contribution < 1.29 is 9.47 Å². The Bertz CT molecular complexity index is 563. The molecule has 2 rings (SSSR count). The molecule has 0 aliphatic carbocycles. The predicted molar refractivity (Wildman–Crippen MR) is 69.0 cm³/mol. The zero-order valence-corrected chi connectivity index (χ0v) is 10.6. The molecule has 0 unspecified atom stereocenters.